The number of nitrogens with one attached hydrogen (secondary N) is 2. The molecule has 0 atom stereocenters. The third kappa shape index (κ3) is 13.4. The van der Waals surface area contributed by atoms with E-state index in [9.17, 15) is 9.59 Å². The minimum atomic E-state index is 0.177. The van der Waals surface area contributed by atoms with Gasteiger partial charge in [0, 0.05) is 58.8 Å². The standard InChI is InChI=1S/C14H26N2O2.C8H11N.C3H7N/c1-3-10-15(4-2)14(18)9-12-16-11-7-5-6-8-13(16)17;1-7-3-5-8(9-2)6-4-7;1-3-4-2/h3-12H2,1-2H3;3-6,9H,1-2H3;3-4H,1H2,2H3. The molecule has 1 aliphatic heterocycles. The van der Waals surface area contributed by atoms with Gasteiger partial charge in [-0.25, -0.2) is 0 Å². The van der Waals surface area contributed by atoms with E-state index < -0.39 is 0 Å². The molecule has 176 valence electrons. The molecule has 31 heavy (non-hydrogen) atoms. The molecule has 0 saturated carbocycles. The number of amides is 2. The van der Waals surface area contributed by atoms with Crippen LogP contribution in [0.2, 0.25) is 0 Å². The molecule has 2 rings (SSSR count). The van der Waals surface area contributed by atoms with E-state index in [4.69, 9.17) is 0 Å². The minimum absolute atomic E-state index is 0.177. The van der Waals surface area contributed by atoms with Gasteiger partial charge in [-0.05, 0) is 51.4 Å². The van der Waals surface area contributed by atoms with E-state index in [0.29, 0.717) is 19.4 Å². The molecule has 0 unspecified atom stereocenters. The molecule has 0 aliphatic carbocycles. The van der Waals surface area contributed by atoms with Crippen molar-refractivity contribution < 1.29 is 9.59 Å². The predicted molar refractivity (Wildman–Crippen MR) is 132 cm³/mol. The highest BCUT2D eigenvalue weighted by atomic mass is 16.2. The fourth-order valence-electron chi connectivity index (χ4n) is 3.11. The van der Waals surface area contributed by atoms with Gasteiger partial charge in [0.1, 0.15) is 0 Å². The lowest BCUT2D eigenvalue weighted by Gasteiger charge is -2.24. The van der Waals surface area contributed by atoms with Gasteiger partial charge in [-0.2, -0.15) is 0 Å². The van der Waals surface area contributed by atoms with Crippen molar-refractivity contribution in [1.82, 2.24) is 15.1 Å². The van der Waals surface area contributed by atoms with E-state index in [0.717, 1.165) is 45.3 Å². The van der Waals surface area contributed by atoms with Crippen LogP contribution < -0.4 is 10.6 Å². The Morgan fingerprint density at radius 3 is 2.32 bits per heavy atom. The smallest absolute Gasteiger partial charge is 0.224 e. The van der Waals surface area contributed by atoms with Crippen LogP contribution in [0.15, 0.2) is 37.0 Å². The second-order valence-electron chi connectivity index (χ2n) is 7.52. The molecule has 6 nitrogen and oxygen atoms in total. The molecule has 1 aliphatic rings. The zero-order valence-corrected chi connectivity index (χ0v) is 20.4. The van der Waals surface area contributed by atoms with Crippen molar-refractivity contribution in [1.29, 1.82) is 0 Å². The zero-order valence-electron chi connectivity index (χ0n) is 20.4. The molecular formula is C25H44N4O2. The predicted octanol–water partition coefficient (Wildman–Crippen LogP) is 4.42. The summed E-state index contributed by atoms with van der Waals surface area (Å²) in [5.41, 5.74) is 2.47. The third-order valence-electron chi connectivity index (χ3n) is 5.04. The molecule has 0 spiro atoms. The quantitative estimate of drug-likeness (QED) is 0.638. The number of hydrogen-bond donors (Lipinski definition) is 2. The normalized spacial score (nSPS) is 12.9. The van der Waals surface area contributed by atoms with Crippen LogP contribution >= 0.6 is 0 Å². The molecule has 6 heteroatoms. The zero-order chi connectivity index (χ0) is 23.5. The molecule has 1 fully saturated rings. The second kappa shape index (κ2) is 18.3. The number of hydrogen-bond acceptors (Lipinski definition) is 4. The van der Waals surface area contributed by atoms with Gasteiger partial charge in [0.05, 0.1) is 0 Å². The van der Waals surface area contributed by atoms with E-state index in [-0.39, 0.29) is 11.8 Å². The molecule has 1 aromatic rings. The first kappa shape index (κ1) is 28.5. The Labute approximate surface area is 190 Å². The van der Waals surface area contributed by atoms with Gasteiger partial charge >= 0.3 is 0 Å². The number of likely N-dealkylation sites (tertiary alicyclic amines) is 1. The average Bonchev–Trinajstić information content (AvgIpc) is 3.00. The van der Waals surface area contributed by atoms with Crippen molar-refractivity contribution in [2.75, 3.05) is 45.6 Å². The molecule has 0 radical (unpaired) electrons. The summed E-state index contributed by atoms with van der Waals surface area (Å²) in [7, 11) is 3.73. The number of carbonyl (C=O) groups is 2. The molecule has 0 bridgehead atoms. The summed E-state index contributed by atoms with van der Waals surface area (Å²) in [6.45, 7) is 12.5. The Morgan fingerprint density at radius 1 is 1.16 bits per heavy atom. The summed E-state index contributed by atoms with van der Waals surface area (Å²) < 4.78 is 0. The maximum Gasteiger partial charge on any atom is 0.224 e. The van der Waals surface area contributed by atoms with Crippen molar-refractivity contribution in [3.63, 3.8) is 0 Å². The Balaban J connectivity index is 0.000000571. The second-order valence-corrected chi connectivity index (χ2v) is 7.52. The van der Waals surface area contributed by atoms with Gasteiger partial charge in [-0.3, -0.25) is 9.59 Å². The van der Waals surface area contributed by atoms with Crippen molar-refractivity contribution in [3.8, 4) is 0 Å². The maximum atomic E-state index is 12.0. The van der Waals surface area contributed by atoms with E-state index in [1.54, 1.807) is 6.20 Å². The highest BCUT2D eigenvalue weighted by Crippen LogP contribution is 2.12. The van der Waals surface area contributed by atoms with E-state index in [2.05, 4.69) is 55.3 Å². The maximum absolute atomic E-state index is 12.0. The number of carbonyl (C=O) groups excluding carboxylic acids is 2. The summed E-state index contributed by atoms with van der Waals surface area (Å²) in [4.78, 5) is 27.5. The van der Waals surface area contributed by atoms with Crippen LogP contribution in [0.4, 0.5) is 5.69 Å². The highest BCUT2D eigenvalue weighted by molar-refractivity contribution is 5.79. The molecule has 2 N–H and O–H groups in total. The number of nitrogens with zero attached hydrogens (tertiary/aromatic N) is 2. The lowest BCUT2D eigenvalue weighted by atomic mass is 10.2. The Hall–Kier alpha value is -2.50. The summed E-state index contributed by atoms with van der Waals surface area (Å²) in [6.07, 6.45) is 6.95. The first-order valence-corrected chi connectivity index (χ1v) is 11.5. The molecule has 0 aromatic heterocycles. The Morgan fingerprint density at radius 2 is 1.81 bits per heavy atom. The van der Waals surface area contributed by atoms with Crippen molar-refractivity contribution >= 4 is 17.5 Å². The van der Waals surface area contributed by atoms with Crippen molar-refractivity contribution in [2.24, 2.45) is 0 Å². The molecule has 1 aromatic carbocycles. The first-order chi connectivity index (χ1) is 14.9. The van der Waals surface area contributed by atoms with Crippen LogP contribution in [-0.2, 0) is 9.59 Å². The van der Waals surface area contributed by atoms with Crippen LogP contribution in [0.1, 0.15) is 57.9 Å². The van der Waals surface area contributed by atoms with E-state index in [1.807, 2.05) is 30.8 Å². The number of anilines is 1. The highest BCUT2D eigenvalue weighted by Gasteiger charge is 2.18. The monoisotopic (exact) mass is 432 g/mol. The first-order valence-electron chi connectivity index (χ1n) is 11.5. The number of aryl methyl sites for hydroxylation is 1. The molecule has 1 saturated heterocycles. The molecule has 1 heterocycles. The van der Waals surface area contributed by atoms with Gasteiger partial charge in [-0.15, -0.1) is 0 Å². The lowest BCUT2D eigenvalue weighted by molar-refractivity contribution is -0.134. The lowest BCUT2D eigenvalue weighted by Crippen LogP contribution is -2.37. The largest absolute Gasteiger partial charge is 0.394 e. The molecular weight excluding hydrogens is 388 g/mol. The summed E-state index contributed by atoms with van der Waals surface area (Å²) in [5, 5.41) is 5.75. The Bertz CT molecular complexity index is 616. The van der Waals surface area contributed by atoms with Crippen LogP contribution in [0.5, 0.6) is 0 Å². The minimum Gasteiger partial charge on any atom is -0.394 e. The van der Waals surface area contributed by atoms with Crippen LogP contribution in [-0.4, -0.2) is 61.9 Å². The molecule has 2 amide bonds. The SMILES string of the molecule is C=CNC.CCCN(CC)C(=O)CCN1CCCCCC1=O.CNc1ccc(C)cc1. The van der Waals surface area contributed by atoms with Gasteiger partial charge in [0.2, 0.25) is 11.8 Å². The van der Waals surface area contributed by atoms with Gasteiger partial charge in [0.15, 0.2) is 0 Å². The van der Waals surface area contributed by atoms with Crippen molar-refractivity contribution in [3.05, 3.63) is 42.6 Å². The van der Waals surface area contributed by atoms with Crippen molar-refractivity contribution in [2.45, 2.75) is 59.3 Å². The summed E-state index contributed by atoms with van der Waals surface area (Å²) >= 11 is 0. The third-order valence-corrected chi connectivity index (χ3v) is 5.04. The average molecular weight is 433 g/mol. The van der Waals surface area contributed by atoms with E-state index in [1.165, 1.54) is 11.3 Å². The van der Waals surface area contributed by atoms with Gasteiger partial charge in [-0.1, -0.05) is 37.6 Å². The van der Waals surface area contributed by atoms with Crippen LogP contribution in [0.25, 0.3) is 0 Å². The summed E-state index contributed by atoms with van der Waals surface area (Å²) in [6, 6.07) is 8.31. The fourth-order valence-corrected chi connectivity index (χ4v) is 3.11. The Kier molecular flexibility index (Phi) is 16.8. The fraction of sp³-hybridized carbons (Fsp3) is 0.600. The van der Waals surface area contributed by atoms with Crippen LogP contribution in [0.3, 0.4) is 0 Å². The van der Waals surface area contributed by atoms with Gasteiger partial charge < -0.3 is 20.4 Å². The summed E-state index contributed by atoms with van der Waals surface area (Å²) in [5.74, 6) is 0.398. The topological polar surface area (TPSA) is 64.7 Å². The van der Waals surface area contributed by atoms with Crippen LogP contribution in [0, 0.1) is 6.92 Å². The number of rotatable bonds is 8. The number of benzene rings is 1. The van der Waals surface area contributed by atoms with Gasteiger partial charge in [0.25, 0.3) is 0 Å². The van der Waals surface area contributed by atoms with E-state index >= 15 is 0 Å².